The molecule has 1 N–H and O–H groups in total. The Balaban J connectivity index is 0.000000127. The van der Waals surface area contributed by atoms with Crippen molar-refractivity contribution in [3.8, 4) is 0 Å². The van der Waals surface area contributed by atoms with Gasteiger partial charge < -0.3 is 5.32 Å². The van der Waals surface area contributed by atoms with Gasteiger partial charge in [-0.3, -0.25) is 0 Å². The van der Waals surface area contributed by atoms with Crippen LogP contribution in [0.4, 0.5) is 0 Å². The normalized spacial score (nSPS) is 30.0. The van der Waals surface area contributed by atoms with Gasteiger partial charge in [-0.25, -0.2) is 0 Å². The summed E-state index contributed by atoms with van der Waals surface area (Å²) in [6, 6.07) is 0. The van der Waals surface area contributed by atoms with Crippen LogP contribution < -0.4 is 5.32 Å². The summed E-state index contributed by atoms with van der Waals surface area (Å²) in [5.74, 6) is 1.99. The summed E-state index contributed by atoms with van der Waals surface area (Å²) in [5, 5.41) is 3.33. The summed E-state index contributed by atoms with van der Waals surface area (Å²) in [6.07, 6.45) is 7.26. The van der Waals surface area contributed by atoms with Gasteiger partial charge in [-0.1, -0.05) is 33.1 Å². The maximum Gasteiger partial charge on any atom is -0.00231 e. The molecule has 0 radical (unpaired) electrons. The summed E-state index contributed by atoms with van der Waals surface area (Å²) in [6.45, 7) is 7.08. The highest BCUT2D eigenvalue weighted by molar-refractivity contribution is 4.63. The minimum absolute atomic E-state index is 0.925. The smallest absolute Gasteiger partial charge is 0.00231 e. The minimum Gasteiger partial charge on any atom is -0.316 e. The molecule has 0 aromatic carbocycles. The Hall–Kier alpha value is -0.0400. The number of piperidine rings is 1. The van der Waals surface area contributed by atoms with E-state index in [1.807, 2.05) is 0 Å². The second kappa shape index (κ2) is 5.58. The SMILES string of the molecule is CC1CCC1.CC1CCCNC1. The van der Waals surface area contributed by atoms with Crippen molar-refractivity contribution in [2.24, 2.45) is 11.8 Å². The van der Waals surface area contributed by atoms with Crippen LogP contribution in [0.25, 0.3) is 0 Å². The molecule has 1 saturated carbocycles. The number of nitrogens with one attached hydrogen (secondary N) is 1. The van der Waals surface area contributed by atoms with Gasteiger partial charge in [0, 0.05) is 0 Å². The summed E-state index contributed by atoms with van der Waals surface area (Å²) < 4.78 is 0. The molecule has 0 spiro atoms. The van der Waals surface area contributed by atoms with Gasteiger partial charge in [0.1, 0.15) is 0 Å². The van der Waals surface area contributed by atoms with Crippen LogP contribution in [0.2, 0.25) is 0 Å². The quantitative estimate of drug-likeness (QED) is 0.588. The van der Waals surface area contributed by atoms with E-state index in [0.717, 1.165) is 11.8 Å². The van der Waals surface area contributed by atoms with E-state index in [1.165, 1.54) is 45.2 Å². The average Bonchev–Trinajstić information content (AvgIpc) is 2.04. The molecule has 0 bridgehead atoms. The second-order valence-electron chi connectivity index (χ2n) is 4.49. The summed E-state index contributed by atoms with van der Waals surface area (Å²) >= 11 is 0. The Morgan fingerprint density at radius 2 is 1.50 bits per heavy atom. The van der Waals surface area contributed by atoms with Crippen LogP contribution in [-0.4, -0.2) is 13.1 Å². The van der Waals surface area contributed by atoms with Crippen molar-refractivity contribution in [3.05, 3.63) is 0 Å². The number of hydrogen-bond acceptors (Lipinski definition) is 1. The van der Waals surface area contributed by atoms with Gasteiger partial charge in [-0.2, -0.15) is 0 Å². The van der Waals surface area contributed by atoms with Gasteiger partial charge in [0.25, 0.3) is 0 Å². The zero-order valence-electron chi connectivity index (χ0n) is 8.60. The van der Waals surface area contributed by atoms with Crippen molar-refractivity contribution in [1.29, 1.82) is 0 Å². The van der Waals surface area contributed by atoms with Crippen LogP contribution in [-0.2, 0) is 0 Å². The molecule has 1 unspecified atom stereocenters. The summed E-state index contributed by atoms with van der Waals surface area (Å²) in [4.78, 5) is 0. The first-order valence-corrected chi connectivity index (χ1v) is 5.49. The fourth-order valence-corrected chi connectivity index (χ4v) is 1.64. The van der Waals surface area contributed by atoms with E-state index in [0.29, 0.717) is 0 Å². The maximum absolute atomic E-state index is 3.33. The number of hydrogen-bond donors (Lipinski definition) is 1. The lowest BCUT2D eigenvalue weighted by Gasteiger charge is -2.18. The van der Waals surface area contributed by atoms with E-state index < -0.39 is 0 Å². The van der Waals surface area contributed by atoms with Crippen LogP contribution in [0.5, 0.6) is 0 Å². The molecule has 1 saturated heterocycles. The molecular weight excluding hydrogens is 146 g/mol. The van der Waals surface area contributed by atoms with Gasteiger partial charge in [0.15, 0.2) is 0 Å². The molecule has 1 aliphatic heterocycles. The maximum atomic E-state index is 3.33. The summed E-state index contributed by atoms with van der Waals surface area (Å²) in [5.41, 5.74) is 0. The predicted molar refractivity (Wildman–Crippen MR) is 54.3 cm³/mol. The zero-order valence-corrected chi connectivity index (χ0v) is 8.60. The lowest BCUT2D eigenvalue weighted by atomic mass is 9.88. The second-order valence-corrected chi connectivity index (χ2v) is 4.49. The van der Waals surface area contributed by atoms with E-state index in [9.17, 15) is 0 Å². The fourth-order valence-electron chi connectivity index (χ4n) is 1.64. The predicted octanol–water partition coefficient (Wildman–Crippen LogP) is 2.81. The Kier molecular flexibility index (Phi) is 4.67. The first-order chi connectivity index (χ1) is 5.79. The van der Waals surface area contributed by atoms with Gasteiger partial charge >= 0.3 is 0 Å². The molecule has 1 heteroatoms. The Morgan fingerprint density at radius 3 is 1.67 bits per heavy atom. The van der Waals surface area contributed by atoms with E-state index >= 15 is 0 Å². The van der Waals surface area contributed by atoms with Crippen LogP contribution >= 0.6 is 0 Å². The standard InChI is InChI=1S/C6H13N.C5H10/c1-6-3-2-4-7-5-6;1-5-3-2-4-5/h6-7H,2-5H2,1H3;5H,2-4H2,1H3. The molecule has 0 amide bonds. The first-order valence-electron chi connectivity index (χ1n) is 5.49. The van der Waals surface area contributed by atoms with Crippen LogP contribution in [0.15, 0.2) is 0 Å². The van der Waals surface area contributed by atoms with Crippen molar-refractivity contribution in [3.63, 3.8) is 0 Å². The largest absolute Gasteiger partial charge is 0.316 e. The summed E-state index contributed by atoms with van der Waals surface area (Å²) in [7, 11) is 0. The molecule has 2 rings (SSSR count). The highest BCUT2D eigenvalue weighted by atomic mass is 14.9. The molecule has 0 aromatic rings. The molecule has 1 nitrogen and oxygen atoms in total. The molecule has 2 aliphatic rings. The van der Waals surface area contributed by atoms with Crippen LogP contribution in [0.3, 0.4) is 0 Å². The third-order valence-electron chi connectivity index (χ3n) is 2.94. The highest BCUT2D eigenvalue weighted by Gasteiger charge is 2.09. The van der Waals surface area contributed by atoms with Crippen LogP contribution in [0, 0.1) is 11.8 Å². The Bertz CT molecular complexity index is 102. The number of rotatable bonds is 0. The van der Waals surface area contributed by atoms with Crippen LogP contribution in [0.1, 0.15) is 46.0 Å². The van der Waals surface area contributed by atoms with Crippen molar-refractivity contribution in [2.75, 3.05) is 13.1 Å². The molecule has 0 aromatic heterocycles. The minimum atomic E-state index is 0.925. The average molecular weight is 169 g/mol. The molecular formula is C11H23N. The molecule has 2 fully saturated rings. The molecule has 1 atom stereocenters. The highest BCUT2D eigenvalue weighted by Crippen LogP contribution is 2.24. The van der Waals surface area contributed by atoms with Gasteiger partial charge in [-0.05, 0) is 37.8 Å². The third kappa shape index (κ3) is 4.10. The Morgan fingerprint density at radius 1 is 0.917 bits per heavy atom. The Labute approximate surface area is 76.9 Å². The fraction of sp³-hybridized carbons (Fsp3) is 1.00. The van der Waals surface area contributed by atoms with E-state index in [-0.39, 0.29) is 0 Å². The molecule has 12 heavy (non-hydrogen) atoms. The molecule has 1 aliphatic carbocycles. The van der Waals surface area contributed by atoms with Crippen molar-refractivity contribution in [1.82, 2.24) is 5.32 Å². The molecule has 1 heterocycles. The zero-order chi connectivity index (χ0) is 8.81. The lowest BCUT2D eigenvalue weighted by Crippen LogP contribution is -2.27. The van der Waals surface area contributed by atoms with Crippen molar-refractivity contribution in [2.45, 2.75) is 46.0 Å². The lowest BCUT2D eigenvalue weighted by molar-refractivity contribution is 0.346. The van der Waals surface area contributed by atoms with E-state index in [1.54, 1.807) is 0 Å². The monoisotopic (exact) mass is 169 g/mol. The molecule has 72 valence electrons. The first kappa shape index (κ1) is 10.0. The van der Waals surface area contributed by atoms with E-state index in [4.69, 9.17) is 0 Å². The van der Waals surface area contributed by atoms with Crippen molar-refractivity contribution < 1.29 is 0 Å². The van der Waals surface area contributed by atoms with Crippen molar-refractivity contribution >= 4 is 0 Å². The van der Waals surface area contributed by atoms with Gasteiger partial charge in [-0.15, -0.1) is 0 Å². The van der Waals surface area contributed by atoms with Gasteiger partial charge in [0.2, 0.25) is 0 Å². The third-order valence-corrected chi connectivity index (χ3v) is 2.94. The topological polar surface area (TPSA) is 12.0 Å². The van der Waals surface area contributed by atoms with Gasteiger partial charge in [0.05, 0.1) is 0 Å². The van der Waals surface area contributed by atoms with E-state index in [2.05, 4.69) is 19.2 Å².